The highest BCUT2D eigenvalue weighted by molar-refractivity contribution is 9.10. The van der Waals surface area contributed by atoms with Gasteiger partial charge >= 0.3 is 0 Å². The zero-order valence-corrected chi connectivity index (χ0v) is 14.1. The Balaban J connectivity index is 2.26. The summed E-state index contributed by atoms with van der Waals surface area (Å²) in [5.41, 5.74) is 1.09. The van der Waals surface area contributed by atoms with Gasteiger partial charge in [-0.1, -0.05) is 0 Å². The van der Waals surface area contributed by atoms with Crippen molar-refractivity contribution in [2.75, 3.05) is 5.32 Å². The van der Waals surface area contributed by atoms with Crippen molar-refractivity contribution in [3.8, 4) is 0 Å². The van der Waals surface area contributed by atoms with Crippen LogP contribution in [0.1, 0.15) is 30.4 Å². The van der Waals surface area contributed by atoms with E-state index in [0.29, 0.717) is 15.9 Å². The van der Waals surface area contributed by atoms with Gasteiger partial charge in [0.05, 0.1) is 4.47 Å². The Bertz CT molecular complexity index is 653. The molecule has 20 heavy (non-hydrogen) atoms. The van der Waals surface area contributed by atoms with E-state index in [0.717, 1.165) is 4.47 Å². The molecule has 1 amide bonds. The molecular weight excluding hydrogens is 391 g/mol. The van der Waals surface area contributed by atoms with Gasteiger partial charge < -0.3 is 9.88 Å². The lowest BCUT2D eigenvalue weighted by atomic mass is 10.3. The number of nitrogens with zero attached hydrogens (tertiary/aromatic N) is 1. The fourth-order valence-corrected chi connectivity index (χ4v) is 2.64. The van der Waals surface area contributed by atoms with Gasteiger partial charge in [0, 0.05) is 22.4 Å². The van der Waals surface area contributed by atoms with E-state index in [4.69, 9.17) is 0 Å². The number of rotatable bonds is 3. The van der Waals surface area contributed by atoms with Crippen LogP contribution in [0.15, 0.2) is 39.4 Å². The first-order valence-corrected chi connectivity index (χ1v) is 7.61. The summed E-state index contributed by atoms with van der Waals surface area (Å²) < 4.78 is 16.2. The molecule has 0 unspecified atom stereocenters. The van der Waals surface area contributed by atoms with Gasteiger partial charge in [-0.05, 0) is 70.0 Å². The van der Waals surface area contributed by atoms with E-state index in [9.17, 15) is 9.18 Å². The van der Waals surface area contributed by atoms with Crippen molar-refractivity contribution >= 4 is 43.5 Å². The summed E-state index contributed by atoms with van der Waals surface area (Å²) in [7, 11) is 0. The van der Waals surface area contributed by atoms with Crippen LogP contribution >= 0.6 is 31.9 Å². The van der Waals surface area contributed by atoms with E-state index in [-0.39, 0.29) is 17.8 Å². The van der Waals surface area contributed by atoms with Gasteiger partial charge in [0.1, 0.15) is 11.5 Å². The fraction of sp³-hybridized carbons (Fsp3) is 0.214. The molecule has 0 saturated carbocycles. The average molecular weight is 404 g/mol. The molecule has 1 aromatic carbocycles. The summed E-state index contributed by atoms with van der Waals surface area (Å²) in [6, 6.07) is 6.29. The second-order valence-corrected chi connectivity index (χ2v) is 6.40. The molecule has 6 heteroatoms. The van der Waals surface area contributed by atoms with Crippen LogP contribution < -0.4 is 5.32 Å². The third-order valence-corrected chi connectivity index (χ3v) is 3.82. The Kier molecular flexibility index (Phi) is 4.65. The summed E-state index contributed by atoms with van der Waals surface area (Å²) >= 11 is 6.46. The van der Waals surface area contributed by atoms with Gasteiger partial charge in [-0.2, -0.15) is 0 Å². The number of amides is 1. The van der Waals surface area contributed by atoms with Gasteiger partial charge in [-0.15, -0.1) is 0 Å². The maximum absolute atomic E-state index is 13.2. The van der Waals surface area contributed by atoms with Crippen molar-refractivity contribution in [1.82, 2.24) is 4.57 Å². The largest absolute Gasteiger partial charge is 0.340 e. The molecule has 2 aromatic rings. The lowest BCUT2D eigenvalue weighted by Gasteiger charge is -2.13. The van der Waals surface area contributed by atoms with Crippen molar-refractivity contribution in [1.29, 1.82) is 0 Å². The Morgan fingerprint density at radius 2 is 2.00 bits per heavy atom. The average Bonchev–Trinajstić information content (AvgIpc) is 2.76. The van der Waals surface area contributed by atoms with Crippen LogP contribution in [-0.2, 0) is 0 Å². The highest BCUT2D eigenvalue weighted by Crippen LogP contribution is 2.23. The molecule has 0 fully saturated rings. The Morgan fingerprint density at radius 1 is 1.30 bits per heavy atom. The normalized spacial score (nSPS) is 10.9. The maximum atomic E-state index is 13.2. The molecule has 0 aliphatic rings. The molecule has 3 nitrogen and oxygen atoms in total. The molecule has 0 spiro atoms. The minimum Gasteiger partial charge on any atom is -0.340 e. The number of benzene rings is 1. The van der Waals surface area contributed by atoms with E-state index in [1.807, 2.05) is 24.6 Å². The lowest BCUT2D eigenvalue weighted by molar-refractivity contribution is 0.101. The number of carbonyl (C=O) groups excluding carboxylic acids is 1. The molecule has 0 atom stereocenters. The maximum Gasteiger partial charge on any atom is 0.272 e. The summed E-state index contributed by atoms with van der Waals surface area (Å²) in [6.07, 6.45) is 1.86. The minimum atomic E-state index is -0.365. The smallest absolute Gasteiger partial charge is 0.272 e. The van der Waals surface area contributed by atoms with Crippen molar-refractivity contribution in [3.05, 3.63) is 50.9 Å². The molecule has 1 heterocycles. The second kappa shape index (κ2) is 6.10. The van der Waals surface area contributed by atoms with Crippen LogP contribution in [0, 0.1) is 5.82 Å². The molecule has 1 aromatic heterocycles. The second-order valence-electron chi connectivity index (χ2n) is 4.63. The molecule has 0 saturated heterocycles. The summed E-state index contributed by atoms with van der Waals surface area (Å²) in [6.45, 7) is 4.00. The number of carbonyl (C=O) groups is 1. The Hall–Kier alpha value is -1.14. The van der Waals surface area contributed by atoms with Gasteiger partial charge in [0.15, 0.2) is 0 Å². The zero-order valence-electron chi connectivity index (χ0n) is 11.0. The Morgan fingerprint density at radius 3 is 2.60 bits per heavy atom. The highest BCUT2D eigenvalue weighted by atomic mass is 79.9. The fourth-order valence-electron chi connectivity index (χ4n) is 1.82. The van der Waals surface area contributed by atoms with E-state index in [1.54, 1.807) is 6.07 Å². The first-order valence-electron chi connectivity index (χ1n) is 6.02. The number of aromatic nitrogens is 1. The zero-order chi connectivity index (χ0) is 14.9. The third kappa shape index (κ3) is 3.30. The van der Waals surface area contributed by atoms with E-state index in [1.165, 1.54) is 18.2 Å². The van der Waals surface area contributed by atoms with Gasteiger partial charge in [-0.25, -0.2) is 4.39 Å². The van der Waals surface area contributed by atoms with Crippen molar-refractivity contribution in [2.45, 2.75) is 19.9 Å². The molecule has 0 aliphatic heterocycles. The summed E-state index contributed by atoms with van der Waals surface area (Å²) in [4.78, 5) is 12.3. The standard InChI is InChI=1S/C14H13Br2FN2O/c1-8(2)19-7-9(15)5-13(19)14(20)18-10-3-4-12(17)11(16)6-10/h3-8H,1-2H3,(H,18,20). The molecule has 106 valence electrons. The number of nitrogens with one attached hydrogen (secondary N) is 1. The van der Waals surface area contributed by atoms with Crippen LogP contribution in [0.25, 0.3) is 0 Å². The van der Waals surface area contributed by atoms with Gasteiger partial charge in [0.25, 0.3) is 5.91 Å². The van der Waals surface area contributed by atoms with Crippen molar-refractivity contribution in [3.63, 3.8) is 0 Å². The predicted octanol–water partition coefficient (Wildman–Crippen LogP) is 4.99. The minimum absolute atomic E-state index is 0.169. The molecule has 0 aliphatic carbocycles. The van der Waals surface area contributed by atoms with Crippen molar-refractivity contribution < 1.29 is 9.18 Å². The monoisotopic (exact) mass is 402 g/mol. The topological polar surface area (TPSA) is 34.0 Å². The van der Waals surface area contributed by atoms with E-state index in [2.05, 4.69) is 37.2 Å². The van der Waals surface area contributed by atoms with Gasteiger partial charge in [0.2, 0.25) is 0 Å². The quantitative estimate of drug-likeness (QED) is 0.769. The first-order chi connectivity index (χ1) is 9.38. The number of halogens is 3. The molecule has 0 radical (unpaired) electrons. The van der Waals surface area contributed by atoms with Crippen LogP contribution in [0.4, 0.5) is 10.1 Å². The number of anilines is 1. The SMILES string of the molecule is CC(C)n1cc(Br)cc1C(=O)Nc1ccc(F)c(Br)c1. The molecule has 0 bridgehead atoms. The summed E-state index contributed by atoms with van der Waals surface area (Å²) in [5.74, 6) is -0.598. The van der Waals surface area contributed by atoms with Crippen LogP contribution in [-0.4, -0.2) is 10.5 Å². The number of hydrogen-bond acceptors (Lipinski definition) is 1. The van der Waals surface area contributed by atoms with Gasteiger partial charge in [-0.3, -0.25) is 4.79 Å². The molecule has 1 N–H and O–H groups in total. The van der Waals surface area contributed by atoms with Crippen LogP contribution in [0.3, 0.4) is 0 Å². The van der Waals surface area contributed by atoms with Crippen molar-refractivity contribution in [2.24, 2.45) is 0 Å². The van der Waals surface area contributed by atoms with Crippen LogP contribution in [0.5, 0.6) is 0 Å². The molecular formula is C14H13Br2FN2O. The summed E-state index contributed by atoms with van der Waals surface area (Å²) in [5, 5.41) is 2.76. The highest BCUT2D eigenvalue weighted by Gasteiger charge is 2.15. The lowest BCUT2D eigenvalue weighted by Crippen LogP contribution is -2.17. The third-order valence-electron chi connectivity index (χ3n) is 2.78. The van der Waals surface area contributed by atoms with E-state index < -0.39 is 0 Å². The predicted molar refractivity (Wildman–Crippen MR) is 84.6 cm³/mol. The first kappa shape index (κ1) is 15.3. The number of hydrogen-bond donors (Lipinski definition) is 1. The van der Waals surface area contributed by atoms with E-state index >= 15 is 0 Å². The van der Waals surface area contributed by atoms with Crippen LogP contribution in [0.2, 0.25) is 0 Å². The molecule has 2 rings (SSSR count). The Labute approximate surface area is 133 Å².